The minimum atomic E-state index is 0.750. The number of nitrogens with zero attached hydrogens (tertiary/aromatic N) is 1. The van der Waals surface area contributed by atoms with Gasteiger partial charge in [0.1, 0.15) is 11.5 Å². The van der Waals surface area contributed by atoms with Gasteiger partial charge in [-0.05, 0) is 50.9 Å². The van der Waals surface area contributed by atoms with Crippen LogP contribution in [0.2, 0.25) is 0 Å². The highest BCUT2D eigenvalue weighted by atomic mass is 16.3. The number of likely N-dealkylation sites (tertiary alicyclic amines) is 1. The van der Waals surface area contributed by atoms with Crippen molar-refractivity contribution in [3.63, 3.8) is 0 Å². The average Bonchev–Trinajstić information content (AvgIpc) is 2.87. The van der Waals surface area contributed by atoms with Crippen LogP contribution in [0.25, 0.3) is 0 Å². The quantitative estimate of drug-likeness (QED) is 0.764. The molecule has 19 heavy (non-hydrogen) atoms. The number of furan rings is 1. The molecule has 0 aromatic carbocycles. The van der Waals surface area contributed by atoms with Crippen LogP contribution in [-0.4, -0.2) is 24.0 Å². The van der Waals surface area contributed by atoms with Gasteiger partial charge in [-0.2, -0.15) is 0 Å². The molecule has 0 radical (unpaired) electrons. The summed E-state index contributed by atoms with van der Waals surface area (Å²) in [6, 6.07) is 5.01. The van der Waals surface area contributed by atoms with Gasteiger partial charge in [0.05, 0.1) is 13.1 Å². The molecule has 0 saturated carbocycles. The maximum absolute atomic E-state index is 5.92. The van der Waals surface area contributed by atoms with Crippen molar-refractivity contribution in [1.29, 1.82) is 0 Å². The zero-order chi connectivity index (χ0) is 13.5. The van der Waals surface area contributed by atoms with Gasteiger partial charge in [0.15, 0.2) is 0 Å². The molecule has 1 aromatic rings. The van der Waals surface area contributed by atoms with Crippen LogP contribution in [0.1, 0.15) is 57.5 Å². The van der Waals surface area contributed by atoms with Gasteiger partial charge >= 0.3 is 0 Å². The summed E-state index contributed by atoms with van der Waals surface area (Å²) in [6.07, 6.45) is 6.49. The fourth-order valence-corrected chi connectivity index (χ4v) is 2.92. The monoisotopic (exact) mass is 264 g/mol. The van der Waals surface area contributed by atoms with Crippen molar-refractivity contribution in [3.8, 4) is 0 Å². The maximum Gasteiger partial charge on any atom is 0.118 e. The Balaban J connectivity index is 1.84. The summed E-state index contributed by atoms with van der Waals surface area (Å²) in [5.74, 6) is 2.18. The van der Waals surface area contributed by atoms with E-state index in [-0.39, 0.29) is 0 Å². The SMILES string of the molecule is CCCNCc1ccc(CN2CCCCC2CC)o1. The van der Waals surface area contributed by atoms with E-state index in [4.69, 9.17) is 4.42 Å². The van der Waals surface area contributed by atoms with Gasteiger partial charge < -0.3 is 9.73 Å². The first-order valence-corrected chi connectivity index (χ1v) is 7.85. The van der Waals surface area contributed by atoms with Gasteiger partial charge in [0.25, 0.3) is 0 Å². The number of nitrogens with one attached hydrogen (secondary N) is 1. The van der Waals surface area contributed by atoms with E-state index in [1.54, 1.807) is 0 Å². The molecule has 0 amide bonds. The summed E-state index contributed by atoms with van der Waals surface area (Å²) >= 11 is 0. The van der Waals surface area contributed by atoms with Gasteiger partial charge in [-0.1, -0.05) is 20.3 Å². The van der Waals surface area contributed by atoms with Crippen molar-refractivity contribution < 1.29 is 4.42 Å². The normalized spacial score (nSPS) is 20.8. The van der Waals surface area contributed by atoms with Crippen molar-refractivity contribution in [2.45, 2.75) is 65.1 Å². The Kier molecular flexibility index (Phi) is 5.93. The van der Waals surface area contributed by atoms with Crippen LogP contribution in [0.3, 0.4) is 0 Å². The van der Waals surface area contributed by atoms with Crippen LogP contribution in [0, 0.1) is 0 Å². The molecular weight excluding hydrogens is 236 g/mol. The molecule has 1 fully saturated rings. The standard InChI is InChI=1S/C16H28N2O/c1-3-10-17-12-15-8-9-16(19-15)13-18-11-6-5-7-14(18)4-2/h8-9,14,17H,3-7,10-13H2,1-2H3. The predicted molar refractivity (Wildman–Crippen MR) is 79.0 cm³/mol. The van der Waals surface area contributed by atoms with Crippen LogP contribution >= 0.6 is 0 Å². The van der Waals surface area contributed by atoms with Gasteiger partial charge in [0.2, 0.25) is 0 Å². The number of hydrogen-bond acceptors (Lipinski definition) is 3. The van der Waals surface area contributed by atoms with E-state index in [9.17, 15) is 0 Å². The summed E-state index contributed by atoms with van der Waals surface area (Å²) in [7, 11) is 0. The van der Waals surface area contributed by atoms with Crippen LogP contribution < -0.4 is 5.32 Å². The summed E-state index contributed by atoms with van der Waals surface area (Å²) < 4.78 is 5.92. The van der Waals surface area contributed by atoms with Gasteiger partial charge in [-0.3, -0.25) is 4.90 Å². The highest BCUT2D eigenvalue weighted by molar-refractivity contribution is 5.07. The van der Waals surface area contributed by atoms with Crippen molar-refractivity contribution in [2.24, 2.45) is 0 Å². The fourth-order valence-electron chi connectivity index (χ4n) is 2.92. The second-order valence-corrected chi connectivity index (χ2v) is 5.57. The van der Waals surface area contributed by atoms with Crippen LogP contribution in [-0.2, 0) is 13.1 Å². The number of piperidine rings is 1. The molecule has 1 aromatic heterocycles. The maximum atomic E-state index is 5.92. The first-order valence-electron chi connectivity index (χ1n) is 7.85. The Hall–Kier alpha value is -0.800. The van der Waals surface area contributed by atoms with E-state index < -0.39 is 0 Å². The van der Waals surface area contributed by atoms with Crippen molar-refractivity contribution in [2.75, 3.05) is 13.1 Å². The van der Waals surface area contributed by atoms with E-state index in [2.05, 4.69) is 36.2 Å². The first kappa shape index (κ1) is 14.6. The van der Waals surface area contributed by atoms with Gasteiger partial charge in [0, 0.05) is 6.04 Å². The van der Waals surface area contributed by atoms with E-state index in [1.165, 1.54) is 38.6 Å². The minimum Gasteiger partial charge on any atom is -0.463 e. The Labute approximate surface area is 117 Å². The van der Waals surface area contributed by atoms with Crippen molar-refractivity contribution in [1.82, 2.24) is 10.2 Å². The molecular formula is C16H28N2O. The summed E-state index contributed by atoms with van der Waals surface area (Å²) in [5.41, 5.74) is 0. The molecule has 1 atom stereocenters. The molecule has 1 aliphatic heterocycles. The lowest BCUT2D eigenvalue weighted by molar-refractivity contribution is 0.125. The molecule has 108 valence electrons. The van der Waals surface area contributed by atoms with E-state index >= 15 is 0 Å². The lowest BCUT2D eigenvalue weighted by atomic mass is 10.00. The topological polar surface area (TPSA) is 28.4 Å². The zero-order valence-electron chi connectivity index (χ0n) is 12.5. The molecule has 0 spiro atoms. The van der Waals surface area contributed by atoms with Crippen LogP contribution in [0.4, 0.5) is 0 Å². The van der Waals surface area contributed by atoms with Crippen LogP contribution in [0.15, 0.2) is 16.5 Å². The first-order chi connectivity index (χ1) is 9.33. The van der Waals surface area contributed by atoms with E-state index in [1.807, 2.05) is 0 Å². The van der Waals surface area contributed by atoms with Gasteiger partial charge in [-0.15, -0.1) is 0 Å². The Morgan fingerprint density at radius 2 is 2.11 bits per heavy atom. The third-order valence-corrected chi connectivity index (χ3v) is 4.02. The largest absolute Gasteiger partial charge is 0.463 e. The molecule has 3 heteroatoms. The molecule has 3 nitrogen and oxygen atoms in total. The van der Waals surface area contributed by atoms with Crippen molar-refractivity contribution >= 4 is 0 Å². The smallest absolute Gasteiger partial charge is 0.118 e. The molecule has 0 bridgehead atoms. The molecule has 2 rings (SSSR count). The van der Waals surface area contributed by atoms with Crippen molar-refractivity contribution in [3.05, 3.63) is 23.7 Å². The lowest BCUT2D eigenvalue weighted by Gasteiger charge is -2.34. The third-order valence-electron chi connectivity index (χ3n) is 4.02. The molecule has 1 unspecified atom stereocenters. The molecule has 1 aliphatic rings. The van der Waals surface area contributed by atoms with Crippen LogP contribution in [0.5, 0.6) is 0 Å². The zero-order valence-corrected chi connectivity index (χ0v) is 12.5. The second kappa shape index (κ2) is 7.71. The minimum absolute atomic E-state index is 0.750. The summed E-state index contributed by atoms with van der Waals surface area (Å²) in [5, 5.41) is 3.38. The lowest BCUT2D eigenvalue weighted by Crippen LogP contribution is -2.38. The molecule has 0 aliphatic carbocycles. The highest BCUT2D eigenvalue weighted by Crippen LogP contribution is 2.22. The number of hydrogen-bond donors (Lipinski definition) is 1. The highest BCUT2D eigenvalue weighted by Gasteiger charge is 2.21. The fraction of sp³-hybridized carbons (Fsp3) is 0.750. The number of rotatable bonds is 7. The average molecular weight is 264 g/mol. The Morgan fingerprint density at radius 1 is 1.26 bits per heavy atom. The second-order valence-electron chi connectivity index (χ2n) is 5.57. The summed E-state index contributed by atoms with van der Waals surface area (Å²) in [4.78, 5) is 2.59. The predicted octanol–water partition coefficient (Wildman–Crippen LogP) is 3.54. The molecule has 1 N–H and O–H groups in total. The summed E-state index contributed by atoms with van der Waals surface area (Å²) in [6.45, 7) is 8.59. The Bertz CT molecular complexity index is 361. The van der Waals surface area contributed by atoms with E-state index in [0.717, 1.165) is 37.2 Å². The van der Waals surface area contributed by atoms with E-state index in [0.29, 0.717) is 0 Å². The molecule has 2 heterocycles. The van der Waals surface area contributed by atoms with Gasteiger partial charge in [-0.25, -0.2) is 0 Å². The third kappa shape index (κ3) is 4.36. The Morgan fingerprint density at radius 3 is 2.89 bits per heavy atom. The molecule has 1 saturated heterocycles.